The number of para-hydroxylation sites is 1. The highest BCUT2D eigenvalue weighted by Crippen LogP contribution is 2.37. The highest BCUT2D eigenvalue weighted by atomic mass is 79.9. The van der Waals surface area contributed by atoms with E-state index in [-0.39, 0.29) is 24.9 Å². The summed E-state index contributed by atoms with van der Waals surface area (Å²) in [5.41, 5.74) is 1.87. The number of hydrogen-bond donors (Lipinski definition) is 0. The number of carbonyl (C=O) groups is 1. The topological polar surface area (TPSA) is 103 Å². The first kappa shape index (κ1) is 28.8. The third-order valence-electron chi connectivity index (χ3n) is 5.69. The first-order valence-electron chi connectivity index (χ1n) is 12.1. The van der Waals surface area contributed by atoms with Gasteiger partial charge in [-0.2, -0.15) is 5.26 Å². The van der Waals surface area contributed by atoms with E-state index in [9.17, 15) is 9.59 Å². The second-order valence-electron chi connectivity index (χ2n) is 8.77. The number of carbonyl (C=O) groups excluding carboxylic acids is 1. The van der Waals surface area contributed by atoms with Gasteiger partial charge in [-0.1, -0.05) is 29.5 Å². The van der Waals surface area contributed by atoms with Crippen molar-refractivity contribution in [2.75, 3.05) is 13.2 Å². The Hall–Kier alpha value is -3.20. The van der Waals surface area contributed by atoms with E-state index in [0.29, 0.717) is 46.6 Å². The average molecular weight is 675 g/mol. The summed E-state index contributed by atoms with van der Waals surface area (Å²) in [6, 6.07) is 12.1. The fraction of sp³-hybridized carbons (Fsp3) is 0.286. The molecule has 0 amide bonds. The Labute approximate surface area is 246 Å². The molecule has 0 saturated carbocycles. The lowest BCUT2D eigenvalue weighted by molar-refractivity contribution is -0.139. The lowest BCUT2D eigenvalue weighted by Gasteiger charge is -2.26. The van der Waals surface area contributed by atoms with Gasteiger partial charge in [0.1, 0.15) is 23.6 Å². The summed E-state index contributed by atoms with van der Waals surface area (Å²) in [6.07, 6.45) is 1.64. The molecule has 3 aromatic rings. The van der Waals surface area contributed by atoms with Gasteiger partial charge in [-0.15, -0.1) is 0 Å². The first-order chi connectivity index (χ1) is 18.7. The Morgan fingerprint density at radius 1 is 1.26 bits per heavy atom. The molecule has 4 rings (SSSR count). The van der Waals surface area contributed by atoms with Gasteiger partial charge >= 0.3 is 5.97 Å². The molecule has 0 saturated heterocycles. The molecule has 0 aliphatic carbocycles. The third-order valence-corrected chi connectivity index (χ3v) is 7.85. The molecule has 2 aromatic carbocycles. The monoisotopic (exact) mass is 673 g/mol. The van der Waals surface area contributed by atoms with Crippen molar-refractivity contribution < 1.29 is 19.0 Å². The Morgan fingerprint density at radius 2 is 1.95 bits per heavy atom. The van der Waals surface area contributed by atoms with E-state index < -0.39 is 12.0 Å². The van der Waals surface area contributed by atoms with Crippen LogP contribution in [0.3, 0.4) is 0 Å². The zero-order valence-electron chi connectivity index (χ0n) is 21.7. The Kier molecular flexibility index (Phi) is 9.10. The largest absolute Gasteiger partial charge is 0.491 e. The number of aromatic nitrogens is 1. The molecular weight excluding hydrogens is 650 g/mol. The molecule has 8 nitrogen and oxygen atoms in total. The summed E-state index contributed by atoms with van der Waals surface area (Å²) in [4.78, 5) is 32.2. The van der Waals surface area contributed by atoms with Crippen LogP contribution >= 0.6 is 43.2 Å². The maximum Gasteiger partial charge on any atom is 0.338 e. The standard InChI is InChI=1S/C28H25Br2N3O5S/c1-5-36-27(35)23-16(4)32-28-33(24(23)18-8-6-7-9-21(18)38-15(2)3)26(34)22(39-28)14-17-12-19(29)25(20(30)13-17)37-11-10-31/h6-9,12-15,24H,5,11H2,1-4H3/b22-14+/t24-/m0/s1. The Morgan fingerprint density at radius 3 is 2.59 bits per heavy atom. The van der Waals surface area contributed by atoms with Crippen LogP contribution in [-0.4, -0.2) is 29.9 Å². The SMILES string of the molecule is CCOC(=O)C1=C(C)N=c2s/c(=C/c3cc(Br)c(OCC#N)c(Br)c3)c(=O)n2[C@H]1c1ccccc1OC(C)C. The van der Waals surface area contributed by atoms with Crippen LogP contribution < -0.4 is 24.4 Å². The number of fused-ring (bicyclic) bond motifs is 1. The van der Waals surface area contributed by atoms with Crippen molar-refractivity contribution in [1.82, 2.24) is 4.57 Å². The lowest BCUT2D eigenvalue weighted by Crippen LogP contribution is -2.40. The van der Waals surface area contributed by atoms with E-state index in [2.05, 4.69) is 36.9 Å². The van der Waals surface area contributed by atoms with Crippen molar-refractivity contribution in [3.05, 3.63) is 87.4 Å². The maximum absolute atomic E-state index is 13.9. The molecule has 0 unspecified atom stereocenters. The number of hydrogen-bond acceptors (Lipinski definition) is 8. The summed E-state index contributed by atoms with van der Waals surface area (Å²) in [6.45, 7) is 7.41. The molecule has 1 aromatic heterocycles. The van der Waals surface area contributed by atoms with Crippen molar-refractivity contribution in [3.8, 4) is 17.6 Å². The zero-order chi connectivity index (χ0) is 28.3. The van der Waals surface area contributed by atoms with Crippen LogP contribution in [0.2, 0.25) is 0 Å². The molecule has 0 bridgehead atoms. The van der Waals surface area contributed by atoms with Gasteiger partial charge in [0.2, 0.25) is 0 Å². The van der Waals surface area contributed by atoms with Crippen molar-refractivity contribution >= 4 is 55.2 Å². The molecule has 2 heterocycles. The van der Waals surface area contributed by atoms with Gasteiger partial charge in [-0.05, 0) is 89.4 Å². The van der Waals surface area contributed by atoms with Crippen LogP contribution in [0.4, 0.5) is 0 Å². The second kappa shape index (κ2) is 12.3. The molecule has 0 N–H and O–H groups in total. The number of halogens is 2. The van der Waals surface area contributed by atoms with E-state index in [1.165, 1.54) is 15.9 Å². The second-order valence-corrected chi connectivity index (χ2v) is 11.5. The van der Waals surface area contributed by atoms with E-state index in [4.69, 9.17) is 19.5 Å². The summed E-state index contributed by atoms with van der Waals surface area (Å²) < 4.78 is 20.2. The minimum absolute atomic E-state index is 0.0979. The van der Waals surface area contributed by atoms with Crippen molar-refractivity contribution in [1.29, 1.82) is 5.26 Å². The van der Waals surface area contributed by atoms with Crippen LogP contribution in [-0.2, 0) is 9.53 Å². The minimum atomic E-state index is -0.780. The molecule has 0 radical (unpaired) electrons. The molecule has 11 heteroatoms. The molecule has 0 spiro atoms. The molecule has 1 aliphatic heterocycles. The number of esters is 1. The van der Waals surface area contributed by atoms with Gasteiger partial charge in [0.05, 0.1) is 37.5 Å². The zero-order valence-corrected chi connectivity index (χ0v) is 25.6. The predicted octanol–water partition coefficient (Wildman–Crippen LogP) is 5.01. The van der Waals surface area contributed by atoms with E-state index in [1.807, 2.05) is 44.2 Å². The number of ether oxygens (including phenoxy) is 3. The van der Waals surface area contributed by atoms with Crippen molar-refractivity contribution in [2.24, 2.45) is 4.99 Å². The number of thiazole rings is 1. The van der Waals surface area contributed by atoms with Crippen LogP contribution in [0, 0.1) is 11.3 Å². The minimum Gasteiger partial charge on any atom is -0.491 e. The quantitative estimate of drug-likeness (QED) is 0.311. The highest BCUT2D eigenvalue weighted by Gasteiger charge is 2.35. The van der Waals surface area contributed by atoms with Gasteiger partial charge in [0, 0.05) is 5.56 Å². The van der Waals surface area contributed by atoms with Crippen LogP contribution in [0.25, 0.3) is 6.08 Å². The number of allylic oxidation sites excluding steroid dienone is 1. The van der Waals surface area contributed by atoms with Gasteiger partial charge in [-0.3, -0.25) is 9.36 Å². The van der Waals surface area contributed by atoms with Gasteiger partial charge < -0.3 is 14.2 Å². The molecule has 1 atom stereocenters. The third kappa shape index (κ3) is 6.03. The van der Waals surface area contributed by atoms with E-state index in [1.54, 1.807) is 32.1 Å². The average Bonchev–Trinajstić information content (AvgIpc) is 3.17. The number of rotatable bonds is 8. The fourth-order valence-corrected chi connectivity index (χ4v) is 6.71. The smallest absolute Gasteiger partial charge is 0.338 e. The fourth-order valence-electron chi connectivity index (χ4n) is 4.21. The molecule has 202 valence electrons. The van der Waals surface area contributed by atoms with E-state index in [0.717, 1.165) is 5.56 Å². The molecule has 1 aliphatic rings. The van der Waals surface area contributed by atoms with E-state index >= 15 is 0 Å². The number of nitrogens with zero attached hydrogens (tertiary/aromatic N) is 3. The first-order valence-corrected chi connectivity index (χ1v) is 14.5. The molecule has 39 heavy (non-hydrogen) atoms. The van der Waals surface area contributed by atoms with Crippen molar-refractivity contribution in [3.63, 3.8) is 0 Å². The van der Waals surface area contributed by atoms with Crippen molar-refractivity contribution in [2.45, 2.75) is 39.8 Å². The van der Waals surface area contributed by atoms with Crippen LogP contribution in [0.15, 0.2) is 66.4 Å². The Balaban J connectivity index is 1.93. The lowest BCUT2D eigenvalue weighted by atomic mass is 9.95. The summed E-state index contributed by atoms with van der Waals surface area (Å²) in [5, 5.41) is 8.84. The van der Waals surface area contributed by atoms with Gasteiger partial charge in [0.15, 0.2) is 11.4 Å². The highest BCUT2D eigenvalue weighted by molar-refractivity contribution is 9.11. The predicted molar refractivity (Wildman–Crippen MR) is 156 cm³/mol. The van der Waals surface area contributed by atoms with Gasteiger partial charge in [-0.25, -0.2) is 9.79 Å². The molecular formula is C28H25Br2N3O5S. The summed E-state index contributed by atoms with van der Waals surface area (Å²) in [7, 11) is 0. The number of nitriles is 1. The summed E-state index contributed by atoms with van der Waals surface area (Å²) in [5.74, 6) is 0.536. The maximum atomic E-state index is 13.9. The molecule has 0 fully saturated rings. The number of benzene rings is 2. The Bertz CT molecular complexity index is 1660. The normalized spacial score (nSPS) is 15.0. The van der Waals surface area contributed by atoms with Gasteiger partial charge in [0.25, 0.3) is 5.56 Å². The summed E-state index contributed by atoms with van der Waals surface area (Å²) >= 11 is 8.18. The van der Waals surface area contributed by atoms with Crippen LogP contribution in [0.1, 0.15) is 44.9 Å². The van der Waals surface area contributed by atoms with Crippen LogP contribution in [0.5, 0.6) is 11.5 Å².